The summed E-state index contributed by atoms with van der Waals surface area (Å²) in [6, 6.07) is 0.209. The van der Waals surface area contributed by atoms with E-state index in [4.69, 9.17) is 10.6 Å². The van der Waals surface area contributed by atoms with Gasteiger partial charge in [-0.3, -0.25) is 5.84 Å². The Hall–Kier alpha value is -0.540. The predicted octanol–water partition coefficient (Wildman–Crippen LogP) is 2.73. The van der Waals surface area contributed by atoms with Crippen LogP contribution >= 0.6 is 0 Å². The summed E-state index contributed by atoms with van der Waals surface area (Å²) in [5.41, 5.74) is 2.95. The summed E-state index contributed by atoms with van der Waals surface area (Å²) in [5.74, 6) is 7.37. The Morgan fingerprint density at radius 1 is 1.38 bits per heavy atom. The first kappa shape index (κ1) is 13.5. The van der Waals surface area contributed by atoms with Gasteiger partial charge in [0.1, 0.15) is 5.76 Å². The lowest BCUT2D eigenvalue weighted by Gasteiger charge is -2.30. The summed E-state index contributed by atoms with van der Waals surface area (Å²) < 4.78 is 5.72. The van der Waals surface area contributed by atoms with Crippen molar-refractivity contribution in [1.29, 1.82) is 0 Å². The Morgan fingerprint density at radius 3 is 2.50 bits per heavy atom. The van der Waals surface area contributed by atoms with Crippen LogP contribution < -0.4 is 11.3 Å². The van der Waals surface area contributed by atoms with Crippen molar-refractivity contribution in [3.63, 3.8) is 0 Å². The predicted molar refractivity (Wildman–Crippen MR) is 67.7 cm³/mol. The normalized spacial score (nSPS) is 18.1. The zero-order valence-electron chi connectivity index (χ0n) is 10.7. The second-order valence-corrected chi connectivity index (χ2v) is 4.58. The van der Waals surface area contributed by atoms with E-state index >= 15 is 0 Å². The Bertz CT molecular complexity index is 210. The minimum Gasteiger partial charge on any atom is -0.497 e. The van der Waals surface area contributed by atoms with Crippen molar-refractivity contribution in [3.8, 4) is 0 Å². The fraction of sp³-hybridized carbons (Fsp3) is 0.846. The van der Waals surface area contributed by atoms with E-state index in [0.29, 0.717) is 5.92 Å². The molecule has 3 nitrogen and oxygen atoms in total. The van der Waals surface area contributed by atoms with Gasteiger partial charge in [-0.05, 0) is 37.7 Å². The molecule has 0 amide bonds. The van der Waals surface area contributed by atoms with Crippen molar-refractivity contribution in [2.24, 2.45) is 11.8 Å². The van der Waals surface area contributed by atoms with Crippen LogP contribution in [0.15, 0.2) is 11.8 Å². The van der Waals surface area contributed by atoms with E-state index in [-0.39, 0.29) is 6.04 Å². The summed E-state index contributed by atoms with van der Waals surface area (Å²) >= 11 is 0. The molecule has 1 rings (SSSR count). The third-order valence-corrected chi connectivity index (χ3v) is 3.24. The summed E-state index contributed by atoms with van der Waals surface area (Å²) in [4.78, 5) is 0. The van der Waals surface area contributed by atoms with Crippen molar-refractivity contribution in [3.05, 3.63) is 11.8 Å². The molecule has 1 aliphatic heterocycles. The quantitative estimate of drug-likeness (QED) is 0.518. The average Bonchev–Trinajstić information content (AvgIpc) is 2.32. The molecule has 94 valence electrons. The highest BCUT2D eigenvalue weighted by Crippen LogP contribution is 2.25. The molecule has 0 saturated carbocycles. The van der Waals surface area contributed by atoms with Gasteiger partial charge in [0, 0.05) is 0 Å². The molecule has 3 N–H and O–H groups in total. The fourth-order valence-electron chi connectivity index (χ4n) is 2.46. The van der Waals surface area contributed by atoms with Gasteiger partial charge in [-0.1, -0.05) is 26.7 Å². The third kappa shape index (κ3) is 3.80. The number of nitrogens with one attached hydrogen (secondary N) is 1. The van der Waals surface area contributed by atoms with Crippen LogP contribution in [0.25, 0.3) is 0 Å². The SMILES string of the molecule is CCCC(CCC)C(NN)C1=CCCCO1. The lowest BCUT2D eigenvalue weighted by Crippen LogP contribution is -2.43. The highest BCUT2D eigenvalue weighted by Gasteiger charge is 2.24. The molecule has 0 fully saturated rings. The number of hydrazine groups is 1. The molecule has 1 atom stereocenters. The Balaban J connectivity index is 2.64. The van der Waals surface area contributed by atoms with Crippen molar-refractivity contribution in [2.75, 3.05) is 6.61 Å². The van der Waals surface area contributed by atoms with Crippen LogP contribution in [-0.2, 0) is 4.74 Å². The Morgan fingerprint density at radius 2 is 2.06 bits per heavy atom. The number of rotatable bonds is 7. The summed E-state index contributed by atoms with van der Waals surface area (Å²) in [5, 5.41) is 0. The van der Waals surface area contributed by atoms with Gasteiger partial charge in [-0.15, -0.1) is 0 Å². The first-order chi connectivity index (χ1) is 7.83. The van der Waals surface area contributed by atoms with Crippen LogP contribution in [0.5, 0.6) is 0 Å². The van der Waals surface area contributed by atoms with Gasteiger partial charge in [0.2, 0.25) is 0 Å². The zero-order valence-corrected chi connectivity index (χ0v) is 10.7. The van der Waals surface area contributed by atoms with E-state index in [1.807, 2.05) is 0 Å². The van der Waals surface area contributed by atoms with E-state index in [0.717, 1.165) is 25.2 Å². The maximum Gasteiger partial charge on any atom is 0.111 e. The second-order valence-electron chi connectivity index (χ2n) is 4.58. The number of nitrogens with two attached hydrogens (primary N) is 1. The molecule has 0 aromatic heterocycles. The number of ether oxygens (including phenoxy) is 1. The molecular formula is C13H26N2O. The molecular weight excluding hydrogens is 200 g/mol. The molecule has 0 saturated heterocycles. The molecule has 3 heteroatoms. The summed E-state index contributed by atoms with van der Waals surface area (Å²) in [6.07, 6.45) is 9.29. The van der Waals surface area contributed by atoms with E-state index < -0.39 is 0 Å². The van der Waals surface area contributed by atoms with Gasteiger partial charge in [0.05, 0.1) is 12.6 Å². The first-order valence-corrected chi connectivity index (χ1v) is 6.62. The van der Waals surface area contributed by atoms with E-state index in [1.165, 1.54) is 25.7 Å². The van der Waals surface area contributed by atoms with Gasteiger partial charge in [-0.2, -0.15) is 0 Å². The van der Waals surface area contributed by atoms with Gasteiger partial charge in [0.15, 0.2) is 0 Å². The zero-order chi connectivity index (χ0) is 11.8. The molecule has 1 unspecified atom stereocenters. The third-order valence-electron chi connectivity index (χ3n) is 3.24. The van der Waals surface area contributed by atoms with Crippen LogP contribution in [0.2, 0.25) is 0 Å². The number of hydrogen-bond donors (Lipinski definition) is 2. The largest absolute Gasteiger partial charge is 0.497 e. The number of hydrogen-bond acceptors (Lipinski definition) is 3. The average molecular weight is 226 g/mol. The van der Waals surface area contributed by atoms with Gasteiger partial charge >= 0.3 is 0 Å². The molecule has 1 heterocycles. The molecule has 1 aliphatic rings. The topological polar surface area (TPSA) is 47.3 Å². The highest BCUT2D eigenvalue weighted by molar-refractivity contribution is 5.07. The van der Waals surface area contributed by atoms with Crippen LogP contribution in [0, 0.1) is 5.92 Å². The number of allylic oxidation sites excluding steroid dienone is 1. The summed E-state index contributed by atoms with van der Waals surface area (Å²) in [6.45, 7) is 5.30. The van der Waals surface area contributed by atoms with E-state index in [2.05, 4.69) is 25.3 Å². The van der Waals surface area contributed by atoms with Crippen molar-refractivity contribution >= 4 is 0 Å². The van der Waals surface area contributed by atoms with Crippen LogP contribution in [0.1, 0.15) is 52.4 Å². The van der Waals surface area contributed by atoms with Gasteiger partial charge in [0.25, 0.3) is 0 Å². The van der Waals surface area contributed by atoms with E-state index in [9.17, 15) is 0 Å². The minimum atomic E-state index is 0.209. The smallest absolute Gasteiger partial charge is 0.111 e. The summed E-state index contributed by atoms with van der Waals surface area (Å²) in [7, 11) is 0. The van der Waals surface area contributed by atoms with Crippen LogP contribution in [0.4, 0.5) is 0 Å². The molecule has 0 aromatic rings. The fourth-order valence-corrected chi connectivity index (χ4v) is 2.46. The molecule has 0 aromatic carbocycles. The molecule has 0 radical (unpaired) electrons. The lowest BCUT2D eigenvalue weighted by molar-refractivity contribution is 0.145. The van der Waals surface area contributed by atoms with Gasteiger partial charge in [-0.25, -0.2) is 5.43 Å². The molecule has 0 bridgehead atoms. The Kier molecular flexibility index (Phi) is 6.50. The maximum absolute atomic E-state index is 5.72. The van der Waals surface area contributed by atoms with Crippen molar-refractivity contribution in [2.45, 2.75) is 58.4 Å². The van der Waals surface area contributed by atoms with Gasteiger partial charge < -0.3 is 4.74 Å². The monoisotopic (exact) mass is 226 g/mol. The molecule has 0 spiro atoms. The maximum atomic E-state index is 5.72. The van der Waals surface area contributed by atoms with E-state index in [1.54, 1.807) is 0 Å². The molecule has 0 aliphatic carbocycles. The highest BCUT2D eigenvalue weighted by atomic mass is 16.5. The van der Waals surface area contributed by atoms with Crippen molar-refractivity contribution < 1.29 is 4.74 Å². The standard InChI is InChI=1S/C13H26N2O/c1-3-7-11(8-4-2)13(15-14)12-9-5-6-10-16-12/h9,11,13,15H,3-8,10,14H2,1-2H3. The lowest BCUT2D eigenvalue weighted by atomic mass is 9.89. The molecule has 16 heavy (non-hydrogen) atoms. The first-order valence-electron chi connectivity index (χ1n) is 6.62. The van der Waals surface area contributed by atoms with Crippen LogP contribution in [0.3, 0.4) is 0 Å². The van der Waals surface area contributed by atoms with Crippen LogP contribution in [-0.4, -0.2) is 12.6 Å². The Labute approximate surface area is 99.4 Å². The van der Waals surface area contributed by atoms with Crippen molar-refractivity contribution in [1.82, 2.24) is 5.43 Å². The second kappa shape index (κ2) is 7.69. The minimum absolute atomic E-state index is 0.209.